The molecular weight excluding hydrogens is 485 g/mol. The summed E-state index contributed by atoms with van der Waals surface area (Å²) in [5.74, 6) is -0.513. The van der Waals surface area contributed by atoms with Crippen LogP contribution in [0.15, 0.2) is 41.5 Å². The number of hydrogen-bond donors (Lipinski definition) is 0. The Labute approximate surface area is 220 Å². The Kier molecular flexibility index (Phi) is 6.39. The van der Waals surface area contributed by atoms with E-state index in [0.29, 0.717) is 30.8 Å². The number of rotatable bonds is 4. The van der Waals surface area contributed by atoms with Gasteiger partial charge in [-0.25, -0.2) is 4.68 Å². The third-order valence-corrected chi connectivity index (χ3v) is 8.24. The molecule has 38 heavy (non-hydrogen) atoms. The molecule has 0 spiro atoms. The number of fused-ring (bicyclic) bond motifs is 2. The number of benzene rings is 1. The Bertz CT molecular complexity index is 1540. The summed E-state index contributed by atoms with van der Waals surface area (Å²) in [4.78, 5) is 26.5. The number of aromatic nitrogens is 5. The van der Waals surface area contributed by atoms with Gasteiger partial charge in [0.2, 0.25) is 5.95 Å². The average molecular weight is 520 g/mol. The van der Waals surface area contributed by atoms with E-state index in [1.54, 1.807) is 25.5 Å². The summed E-state index contributed by atoms with van der Waals surface area (Å²) in [6.45, 7) is 8.63. The zero-order valence-electron chi connectivity index (χ0n) is 22.3. The van der Waals surface area contributed by atoms with E-state index in [1.165, 1.54) is 14.8 Å². The lowest BCUT2D eigenvalue weighted by Crippen LogP contribution is -2.57. The summed E-state index contributed by atoms with van der Waals surface area (Å²) in [6.07, 6.45) is 5.62. The number of piperazine rings is 1. The van der Waals surface area contributed by atoms with Crippen LogP contribution in [0.5, 0.6) is 0 Å². The van der Waals surface area contributed by atoms with Crippen molar-refractivity contribution in [1.29, 1.82) is 0 Å². The molecule has 2 saturated heterocycles. The maximum Gasteiger partial charge on any atom is 0.253 e. The summed E-state index contributed by atoms with van der Waals surface area (Å²) in [5, 5.41) is 4.69. The van der Waals surface area contributed by atoms with Crippen molar-refractivity contribution in [2.45, 2.75) is 64.4 Å². The van der Waals surface area contributed by atoms with Gasteiger partial charge in [-0.3, -0.25) is 19.7 Å². The molecule has 2 aliphatic rings. The first-order chi connectivity index (χ1) is 18.3. The fraction of sp³-hybridized carbons (Fsp3) is 0.500. The van der Waals surface area contributed by atoms with Gasteiger partial charge in [-0.2, -0.15) is 9.49 Å². The highest BCUT2D eigenvalue weighted by Gasteiger charge is 2.35. The van der Waals surface area contributed by atoms with E-state index in [-0.39, 0.29) is 29.2 Å². The van der Waals surface area contributed by atoms with Crippen LogP contribution in [-0.4, -0.2) is 61.0 Å². The van der Waals surface area contributed by atoms with Crippen LogP contribution in [-0.2, 0) is 11.8 Å². The number of hydrogen-bond acceptors (Lipinski definition) is 7. The molecule has 200 valence electrons. The van der Waals surface area contributed by atoms with Gasteiger partial charge in [0.05, 0.1) is 16.7 Å². The molecule has 1 aromatic carbocycles. The van der Waals surface area contributed by atoms with E-state index < -0.39 is 12.2 Å². The SMILES string of the molecule is C[C@@H]1CN(c2cc(=O)n(C)c3c(F)n(C4CCCCO4)nc23)[C@@H](C)CN1[C@@H](C)c1ccc2nccnc2c1. The lowest BCUT2D eigenvalue weighted by molar-refractivity contribution is -0.0453. The molecule has 4 atom stereocenters. The highest BCUT2D eigenvalue weighted by Crippen LogP contribution is 2.35. The third kappa shape index (κ3) is 4.16. The largest absolute Gasteiger partial charge is 0.364 e. The lowest BCUT2D eigenvalue weighted by atomic mass is 10.00. The second-order valence-electron chi connectivity index (χ2n) is 10.7. The standard InChI is InChI=1S/C28H34FN7O2/c1-17-16-35(18(2)15-34(17)19(3)20-8-9-21-22(13-20)31-11-10-30-21)23-14-24(37)33(4)27-26(23)32-36(28(27)29)25-7-5-6-12-38-25/h8-11,13-14,17-19,25H,5-7,12,15-16H2,1-4H3/t17-,18+,19+,25?/m1/s1. The molecule has 0 bridgehead atoms. The predicted octanol–water partition coefficient (Wildman–Crippen LogP) is 4.18. The second kappa shape index (κ2) is 9.74. The summed E-state index contributed by atoms with van der Waals surface area (Å²) >= 11 is 0. The monoisotopic (exact) mass is 519 g/mol. The molecular formula is C28H34FN7O2. The Hall–Kier alpha value is -3.37. The summed E-state index contributed by atoms with van der Waals surface area (Å²) in [5.41, 5.74) is 4.14. The van der Waals surface area contributed by atoms with Crippen LogP contribution in [0.4, 0.5) is 10.1 Å². The van der Waals surface area contributed by atoms with Crippen LogP contribution >= 0.6 is 0 Å². The van der Waals surface area contributed by atoms with E-state index in [1.807, 2.05) is 6.07 Å². The van der Waals surface area contributed by atoms with Crippen LogP contribution in [0.1, 0.15) is 57.9 Å². The van der Waals surface area contributed by atoms with Gasteiger partial charge in [-0.1, -0.05) is 6.07 Å². The molecule has 0 saturated carbocycles. The van der Waals surface area contributed by atoms with Crippen LogP contribution in [0, 0.1) is 5.95 Å². The van der Waals surface area contributed by atoms with Crippen molar-refractivity contribution < 1.29 is 9.13 Å². The maximum atomic E-state index is 15.7. The first-order valence-corrected chi connectivity index (χ1v) is 13.5. The average Bonchev–Trinajstić information content (AvgIpc) is 3.29. The van der Waals surface area contributed by atoms with Gasteiger partial charge < -0.3 is 14.2 Å². The fourth-order valence-corrected chi connectivity index (χ4v) is 6.05. The Morgan fingerprint density at radius 3 is 2.61 bits per heavy atom. The van der Waals surface area contributed by atoms with Crippen molar-refractivity contribution in [3.8, 4) is 0 Å². The van der Waals surface area contributed by atoms with E-state index in [0.717, 1.165) is 30.4 Å². The molecule has 6 rings (SSSR count). The molecule has 9 nitrogen and oxygen atoms in total. The van der Waals surface area contributed by atoms with Gasteiger partial charge in [0.15, 0.2) is 6.23 Å². The Morgan fingerprint density at radius 1 is 1.05 bits per heavy atom. The highest BCUT2D eigenvalue weighted by atomic mass is 19.1. The molecule has 2 aliphatic heterocycles. The molecule has 0 aliphatic carbocycles. The minimum atomic E-state index is -0.513. The van der Waals surface area contributed by atoms with Crippen LogP contribution < -0.4 is 10.5 Å². The number of halogens is 1. The third-order valence-electron chi connectivity index (χ3n) is 8.24. The highest BCUT2D eigenvalue weighted by molar-refractivity contribution is 5.88. The van der Waals surface area contributed by atoms with Crippen LogP contribution in [0.2, 0.25) is 0 Å². The van der Waals surface area contributed by atoms with Gasteiger partial charge in [0.25, 0.3) is 5.56 Å². The van der Waals surface area contributed by atoms with Crippen molar-refractivity contribution in [2.75, 3.05) is 24.6 Å². The van der Waals surface area contributed by atoms with Crippen molar-refractivity contribution in [3.63, 3.8) is 0 Å². The van der Waals surface area contributed by atoms with Crippen molar-refractivity contribution in [1.82, 2.24) is 29.2 Å². The predicted molar refractivity (Wildman–Crippen MR) is 145 cm³/mol. The number of nitrogens with zero attached hydrogens (tertiary/aromatic N) is 7. The van der Waals surface area contributed by atoms with E-state index in [4.69, 9.17) is 9.84 Å². The molecule has 5 heterocycles. The van der Waals surface area contributed by atoms with Gasteiger partial charge in [-0.15, -0.1) is 0 Å². The van der Waals surface area contributed by atoms with Gasteiger partial charge in [0, 0.05) is 63.3 Å². The topological polar surface area (TPSA) is 81.3 Å². The van der Waals surface area contributed by atoms with Crippen LogP contribution in [0.25, 0.3) is 22.1 Å². The molecule has 10 heteroatoms. The molecule has 0 amide bonds. The first-order valence-electron chi connectivity index (χ1n) is 13.5. The molecule has 3 aromatic heterocycles. The minimum absolute atomic E-state index is 0.0864. The summed E-state index contributed by atoms with van der Waals surface area (Å²) in [7, 11) is 1.60. The van der Waals surface area contributed by atoms with Gasteiger partial charge in [-0.05, 0) is 57.7 Å². The zero-order valence-corrected chi connectivity index (χ0v) is 22.3. The molecule has 0 N–H and O–H groups in total. The van der Waals surface area contributed by atoms with Crippen molar-refractivity contribution in [2.24, 2.45) is 7.05 Å². The molecule has 0 radical (unpaired) electrons. The minimum Gasteiger partial charge on any atom is -0.364 e. The second-order valence-corrected chi connectivity index (χ2v) is 10.7. The molecule has 1 unspecified atom stereocenters. The number of pyridine rings is 1. The zero-order chi connectivity index (χ0) is 26.6. The van der Waals surface area contributed by atoms with Crippen molar-refractivity contribution >= 4 is 27.8 Å². The van der Waals surface area contributed by atoms with E-state index in [2.05, 4.69) is 52.7 Å². The van der Waals surface area contributed by atoms with E-state index >= 15 is 4.39 Å². The number of aryl methyl sites for hydroxylation is 1. The Morgan fingerprint density at radius 2 is 1.84 bits per heavy atom. The van der Waals surface area contributed by atoms with Crippen LogP contribution in [0.3, 0.4) is 0 Å². The molecule has 4 aromatic rings. The summed E-state index contributed by atoms with van der Waals surface area (Å²) < 4.78 is 24.2. The first kappa shape index (κ1) is 24.9. The smallest absolute Gasteiger partial charge is 0.253 e. The fourth-order valence-electron chi connectivity index (χ4n) is 6.05. The van der Waals surface area contributed by atoms with Gasteiger partial charge >= 0.3 is 0 Å². The normalized spacial score (nSPS) is 23.8. The Balaban J connectivity index is 1.32. The van der Waals surface area contributed by atoms with Gasteiger partial charge in [0.1, 0.15) is 11.0 Å². The maximum absolute atomic E-state index is 15.7. The summed E-state index contributed by atoms with van der Waals surface area (Å²) in [6, 6.07) is 8.31. The van der Waals surface area contributed by atoms with Crippen molar-refractivity contribution in [3.05, 3.63) is 58.5 Å². The number of anilines is 1. The molecule has 2 fully saturated rings. The quantitative estimate of drug-likeness (QED) is 0.400. The number of ether oxygens (including phenoxy) is 1. The van der Waals surface area contributed by atoms with E-state index in [9.17, 15) is 4.79 Å². The lowest BCUT2D eigenvalue weighted by Gasteiger charge is -2.47.